The number of halogens is 1. The smallest absolute Gasteiger partial charge is 0.311 e. The van der Waals surface area contributed by atoms with E-state index in [1.807, 2.05) is 0 Å². The number of carbonyl (C=O) groups is 1. The zero-order valence-corrected chi connectivity index (χ0v) is 10.2. The van der Waals surface area contributed by atoms with Crippen molar-refractivity contribution >= 4 is 5.97 Å². The molecular weight excluding hydrogens is 223 g/mol. The number of methoxy groups -OCH3 is 1. The fraction of sp³-hybridized carbons (Fsp3) is 0.462. The van der Waals surface area contributed by atoms with Gasteiger partial charge in [-0.3, -0.25) is 4.79 Å². The van der Waals surface area contributed by atoms with Crippen LogP contribution in [0.4, 0.5) is 4.39 Å². The summed E-state index contributed by atoms with van der Waals surface area (Å²) in [4.78, 5) is 11.5. The Hall–Kier alpha value is -1.42. The molecule has 94 valence electrons. The molecule has 0 aliphatic carbocycles. The lowest BCUT2D eigenvalue weighted by atomic mass is 9.92. The highest BCUT2D eigenvalue weighted by molar-refractivity contribution is 5.73. The molecule has 2 unspecified atom stereocenters. The predicted octanol–water partition coefficient (Wildman–Crippen LogP) is 2.37. The van der Waals surface area contributed by atoms with Gasteiger partial charge in [0.05, 0.1) is 19.1 Å². The Labute approximate surface area is 100 Å². The lowest BCUT2D eigenvalue weighted by Crippen LogP contribution is -2.23. The van der Waals surface area contributed by atoms with E-state index < -0.39 is 18.0 Å². The molecule has 0 radical (unpaired) electrons. The highest BCUT2D eigenvalue weighted by Gasteiger charge is 2.27. The molecule has 1 aromatic carbocycles. The Morgan fingerprint density at radius 2 is 2.18 bits per heavy atom. The number of aryl methyl sites for hydroxylation is 1. The Bertz CT molecular complexity index is 404. The second-order valence-corrected chi connectivity index (χ2v) is 3.99. The fourth-order valence-corrected chi connectivity index (χ4v) is 1.75. The summed E-state index contributed by atoms with van der Waals surface area (Å²) in [5, 5.41) is 10.1. The SMILES string of the molecule is CCC(C(=O)OC)C(O)c1ccc(F)c(C)c1. The van der Waals surface area contributed by atoms with Crippen LogP contribution in [0.15, 0.2) is 18.2 Å². The number of hydrogen-bond acceptors (Lipinski definition) is 3. The number of rotatable bonds is 4. The maximum Gasteiger partial charge on any atom is 0.311 e. The van der Waals surface area contributed by atoms with Crippen molar-refractivity contribution in [2.24, 2.45) is 5.92 Å². The quantitative estimate of drug-likeness (QED) is 0.822. The summed E-state index contributed by atoms with van der Waals surface area (Å²) in [6.07, 6.45) is -0.503. The standard InChI is InChI=1S/C13H17FO3/c1-4-10(13(16)17-3)12(15)9-5-6-11(14)8(2)7-9/h5-7,10,12,15H,4H2,1-3H3. The molecule has 1 aromatic rings. The van der Waals surface area contributed by atoms with Gasteiger partial charge in [-0.05, 0) is 30.5 Å². The Balaban J connectivity index is 2.97. The maximum atomic E-state index is 13.1. The van der Waals surface area contributed by atoms with Crippen molar-refractivity contribution in [3.05, 3.63) is 35.1 Å². The molecule has 1 N–H and O–H groups in total. The predicted molar refractivity (Wildman–Crippen MR) is 61.9 cm³/mol. The number of aliphatic hydroxyl groups is 1. The summed E-state index contributed by atoms with van der Waals surface area (Å²) in [5.74, 6) is -1.40. The van der Waals surface area contributed by atoms with Crippen molar-refractivity contribution < 1.29 is 19.0 Å². The maximum absolute atomic E-state index is 13.1. The zero-order valence-electron chi connectivity index (χ0n) is 10.2. The van der Waals surface area contributed by atoms with Crippen molar-refractivity contribution in [1.29, 1.82) is 0 Å². The minimum Gasteiger partial charge on any atom is -0.469 e. The third-order valence-corrected chi connectivity index (χ3v) is 2.85. The van der Waals surface area contributed by atoms with E-state index in [9.17, 15) is 14.3 Å². The summed E-state index contributed by atoms with van der Waals surface area (Å²) in [6, 6.07) is 4.32. The minimum absolute atomic E-state index is 0.327. The van der Waals surface area contributed by atoms with Gasteiger partial charge in [-0.25, -0.2) is 4.39 Å². The zero-order chi connectivity index (χ0) is 13.0. The van der Waals surface area contributed by atoms with Crippen molar-refractivity contribution in [2.75, 3.05) is 7.11 Å². The Morgan fingerprint density at radius 1 is 1.53 bits per heavy atom. The van der Waals surface area contributed by atoms with E-state index in [0.29, 0.717) is 17.5 Å². The molecule has 0 bridgehead atoms. The van der Waals surface area contributed by atoms with Crippen LogP contribution >= 0.6 is 0 Å². The highest BCUT2D eigenvalue weighted by Crippen LogP contribution is 2.26. The first-order valence-electron chi connectivity index (χ1n) is 5.53. The summed E-state index contributed by atoms with van der Waals surface area (Å²) in [7, 11) is 1.29. The number of benzene rings is 1. The minimum atomic E-state index is -0.966. The molecule has 0 spiro atoms. The molecule has 0 fully saturated rings. The lowest BCUT2D eigenvalue weighted by molar-refractivity contribution is -0.149. The average molecular weight is 240 g/mol. The Morgan fingerprint density at radius 3 is 2.65 bits per heavy atom. The molecule has 0 saturated heterocycles. The van der Waals surface area contributed by atoms with Gasteiger partial charge in [0.15, 0.2) is 0 Å². The Kier molecular flexibility index (Phi) is 4.63. The van der Waals surface area contributed by atoms with Crippen LogP contribution in [-0.2, 0) is 9.53 Å². The van der Waals surface area contributed by atoms with Gasteiger partial charge >= 0.3 is 5.97 Å². The third-order valence-electron chi connectivity index (χ3n) is 2.85. The largest absolute Gasteiger partial charge is 0.469 e. The van der Waals surface area contributed by atoms with Gasteiger partial charge in [-0.1, -0.05) is 19.1 Å². The third kappa shape index (κ3) is 3.03. The molecule has 3 nitrogen and oxygen atoms in total. The summed E-state index contributed by atoms with van der Waals surface area (Å²) < 4.78 is 17.7. The lowest BCUT2D eigenvalue weighted by Gasteiger charge is -2.20. The van der Waals surface area contributed by atoms with E-state index >= 15 is 0 Å². The molecule has 17 heavy (non-hydrogen) atoms. The second kappa shape index (κ2) is 5.77. The first-order chi connectivity index (χ1) is 8.01. The molecular formula is C13H17FO3. The van der Waals surface area contributed by atoms with Gasteiger partial charge in [0.25, 0.3) is 0 Å². The number of esters is 1. The second-order valence-electron chi connectivity index (χ2n) is 3.99. The molecule has 0 aliphatic rings. The number of aliphatic hydroxyl groups excluding tert-OH is 1. The highest BCUT2D eigenvalue weighted by atomic mass is 19.1. The van der Waals surface area contributed by atoms with Gasteiger partial charge in [-0.15, -0.1) is 0 Å². The summed E-state index contributed by atoms with van der Waals surface area (Å²) in [5.41, 5.74) is 0.974. The summed E-state index contributed by atoms with van der Waals surface area (Å²) >= 11 is 0. The van der Waals surface area contributed by atoms with E-state index in [1.54, 1.807) is 19.9 Å². The van der Waals surface area contributed by atoms with Crippen LogP contribution in [0, 0.1) is 18.7 Å². The molecule has 0 amide bonds. The fourth-order valence-electron chi connectivity index (χ4n) is 1.75. The number of carbonyl (C=O) groups excluding carboxylic acids is 1. The topological polar surface area (TPSA) is 46.5 Å². The van der Waals surface area contributed by atoms with Crippen LogP contribution < -0.4 is 0 Å². The molecule has 0 aliphatic heterocycles. The molecule has 2 atom stereocenters. The van der Waals surface area contributed by atoms with E-state index in [4.69, 9.17) is 0 Å². The van der Waals surface area contributed by atoms with Gasteiger partial charge < -0.3 is 9.84 Å². The molecule has 4 heteroatoms. The molecule has 1 rings (SSSR count). The van der Waals surface area contributed by atoms with E-state index in [0.717, 1.165) is 0 Å². The van der Waals surface area contributed by atoms with Crippen LogP contribution in [-0.4, -0.2) is 18.2 Å². The van der Waals surface area contributed by atoms with Crippen LogP contribution in [0.3, 0.4) is 0 Å². The van der Waals surface area contributed by atoms with Crippen LogP contribution in [0.25, 0.3) is 0 Å². The van der Waals surface area contributed by atoms with Crippen molar-refractivity contribution in [3.8, 4) is 0 Å². The van der Waals surface area contributed by atoms with Crippen LogP contribution in [0.2, 0.25) is 0 Å². The van der Waals surface area contributed by atoms with Gasteiger partial charge in [0.1, 0.15) is 5.82 Å². The summed E-state index contributed by atoms with van der Waals surface area (Å²) in [6.45, 7) is 3.41. The van der Waals surface area contributed by atoms with Gasteiger partial charge in [0.2, 0.25) is 0 Å². The average Bonchev–Trinajstić information content (AvgIpc) is 2.33. The monoisotopic (exact) mass is 240 g/mol. The van der Waals surface area contributed by atoms with E-state index in [-0.39, 0.29) is 5.82 Å². The van der Waals surface area contributed by atoms with E-state index in [2.05, 4.69) is 4.74 Å². The number of hydrogen-bond donors (Lipinski definition) is 1. The molecule has 0 saturated carbocycles. The first-order valence-corrected chi connectivity index (χ1v) is 5.53. The van der Waals surface area contributed by atoms with Crippen molar-refractivity contribution in [3.63, 3.8) is 0 Å². The van der Waals surface area contributed by atoms with Gasteiger partial charge in [-0.2, -0.15) is 0 Å². The first kappa shape index (κ1) is 13.6. The van der Waals surface area contributed by atoms with Crippen molar-refractivity contribution in [1.82, 2.24) is 0 Å². The number of ether oxygens (including phenoxy) is 1. The van der Waals surface area contributed by atoms with E-state index in [1.165, 1.54) is 19.2 Å². The van der Waals surface area contributed by atoms with Gasteiger partial charge in [0, 0.05) is 0 Å². The normalized spacial score (nSPS) is 14.2. The van der Waals surface area contributed by atoms with Crippen LogP contribution in [0.1, 0.15) is 30.6 Å². The van der Waals surface area contributed by atoms with Crippen molar-refractivity contribution in [2.45, 2.75) is 26.4 Å². The van der Waals surface area contributed by atoms with Crippen LogP contribution in [0.5, 0.6) is 0 Å². The molecule has 0 aromatic heterocycles. The molecule has 0 heterocycles.